The SMILES string of the molecule is C[C@H]1CC[C@H](n2cc3cc(NC(=O)c4cccc(C(F)(F)F)n4)c(OC[C@@H]4CCC(=O)N4)cc3n2)CC1. The van der Waals surface area contributed by atoms with Gasteiger partial charge in [0.1, 0.15) is 23.7 Å². The standard InChI is InChI=1S/C26H28F3N5O3/c1-15-5-8-18(9-6-15)34-13-16-11-21(32-25(36)19-3-2-4-23(31-19)26(27,28)29)22(12-20(16)33-34)37-14-17-7-10-24(35)30-17/h2-4,11-13,15,17-18H,5-10,14H2,1H3,(H,30,35)(H,32,36)/t15-,17-,18-/m0/s1. The quantitative estimate of drug-likeness (QED) is 0.476. The molecule has 1 aliphatic carbocycles. The second-order valence-electron chi connectivity index (χ2n) is 9.90. The van der Waals surface area contributed by atoms with Crippen LogP contribution in [0, 0.1) is 5.92 Å². The smallest absolute Gasteiger partial charge is 0.433 e. The van der Waals surface area contributed by atoms with Gasteiger partial charge in [0.05, 0.1) is 23.3 Å². The molecular weight excluding hydrogens is 487 g/mol. The zero-order valence-electron chi connectivity index (χ0n) is 20.3. The highest BCUT2D eigenvalue weighted by atomic mass is 19.4. The van der Waals surface area contributed by atoms with Crippen molar-refractivity contribution in [2.45, 2.75) is 63.7 Å². The highest BCUT2D eigenvalue weighted by Gasteiger charge is 2.33. The first kappa shape index (κ1) is 25.0. The second-order valence-corrected chi connectivity index (χ2v) is 9.90. The van der Waals surface area contributed by atoms with Crippen LogP contribution in [0.1, 0.15) is 67.7 Å². The molecule has 37 heavy (non-hydrogen) atoms. The van der Waals surface area contributed by atoms with E-state index in [1.807, 2.05) is 10.9 Å². The number of fused-ring (bicyclic) bond motifs is 1. The first-order valence-corrected chi connectivity index (χ1v) is 12.5. The summed E-state index contributed by atoms with van der Waals surface area (Å²) in [5.74, 6) is 0.173. The van der Waals surface area contributed by atoms with Crippen molar-refractivity contribution in [2.75, 3.05) is 11.9 Å². The maximum Gasteiger partial charge on any atom is 0.433 e. The van der Waals surface area contributed by atoms with Crippen LogP contribution >= 0.6 is 0 Å². The fourth-order valence-corrected chi connectivity index (χ4v) is 4.88. The number of hydrogen-bond acceptors (Lipinski definition) is 5. The second kappa shape index (κ2) is 10.0. The molecule has 5 rings (SSSR count). The normalized spacial score (nSPS) is 22.2. The third-order valence-corrected chi connectivity index (χ3v) is 7.03. The van der Waals surface area contributed by atoms with Crippen LogP contribution in [-0.4, -0.2) is 39.2 Å². The van der Waals surface area contributed by atoms with E-state index in [0.717, 1.165) is 43.2 Å². The molecule has 3 heterocycles. The lowest BCUT2D eigenvalue weighted by molar-refractivity contribution is -0.141. The molecule has 2 amide bonds. The molecule has 2 aliphatic rings. The molecular formula is C26H28F3N5O3. The van der Waals surface area contributed by atoms with Gasteiger partial charge < -0.3 is 15.4 Å². The average molecular weight is 516 g/mol. The van der Waals surface area contributed by atoms with Gasteiger partial charge in [-0.2, -0.15) is 18.3 Å². The first-order chi connectivity index (χ1) is 17.7. The molecule has 0 radical (unpaired) electrons. The van der Waals surface area contributed by atoms with Crippen molar-refractivity contribution in [3.8, 4) is 5.75 Å². The number of alkyl halides is 3. The Morgan fingerprint density at radius 1 is 1.19 bits per heavy atom. The van der Waals surface area contributed by atoms with Gasteiger partial charge in [-0.1, -0.05) is 13.0 Å². The van der Waals surface area contributed by atoms with Gasteiger partial charge in [0.25, 0.3) is 5.91 Å². The molecule has 0 spiro atoms. The molecule has 0 bridgehead atoms. The highest BCUT2D eigenvalue weighted by molar-refractivity contribution is 6.05. The van der Waals surface area contributed by atoms with Crippen molar-refractivity contribution < 1.29 is 27.5 Å². The van der Waals surface area contributed by atoms with E-state index >= 15 is 0 Å². The topological polar surface area (TPSA) is 98.1 Å². The third kappa shape index (κ3) is 5.70. The highest BCUT2D eigenvalue weighted by Crippen LogP contribution is 2.35. The number of hydrogen-bond donors (Lipinski definition) is 2. The number of carbonyl (C=O) groups excluding carboxylic acids is 2. The van der Waals surface area contributed by atoms with E-state index in [9.17, 15) is 22.8 Å². The van der Waals surface area contributed by atoms with Crippen LogP contribution < -0.4 is 15.4 Å². The maximum atomic E-state index is 13.1. The van der Waals surface area contributed by atoms with E-state index in [1.54, 1.807) is 12.1 Å². The molecule has 1 aliphatic heterocycles. The summed E-state index contributed by atoms with van der Waals surface area (Å²) in [7, 11) is 0. The van der Waals surface area contributed by atoms with Crippen molar-refractivity contribution >= 4 is 28.4 Å². The number of amides is 2. The lowest BCUT2D eigenvalue weighted by Gasteiger charge is -2.26. The number of pyridine rings is 1. The minimum atomic E-state index is -4.67. The van der Waals surface area contributed by atoms with Crippen LogP contribution in [0.15, 0.2) is 36.5 Å². The summed E-state index contributed by atoms with van der Waals surface area (Å²) in [6.07, 6.45) is 2.64. The summed E-state index contributed by atoms with van der Waals surface area (Å²) >= 11 is 0. The number of anilines is 1. The molecule has 8 nitrogen and oxygen atoms in total. The van der Waals surface area contributed by atoms with Gasteiger partial charge in [-0.25, -0.2) is 4.98 Å². The molecule has 1 saturated heterocycles. The van der Waals surface area contributed by atoms with Gasteiger partial charge in [0.2, 0.25) is 5.91 Å². The number of ether oxygens (including phenoxy) is 1. The summed E-state index contributed by atoms with van der Waals surface area (Å²) in [6.45, 7) is 2.43. The van der Waals surface area contributed by atoms with Gasteiger partial charge in [0, 0.05) is 24.1 Å². The Morgan fingerprint density at radius 2 is 1.97 bits per heavy atom. The van der Waals surface area contributed by atoms with Gasteiger partial charge in [-0.3, -0.25) is 14.3 Å². The van der Waals surface area contributed by atoms with E-state index in [1.165, 1.54) is 6.07 Å². The molecule has 11 heteroatoms. The van der Waals surface area contributed by atoms with E-state index in [-0.39, 0.29) is 36.0 Å². The molecule has 0 unspecified atom stereocenters. The van der Waals surface area contributed by atoms with Gasteiger partial charge in [-0.05, 0) is 56.2 Å². The molecule has 2 aromatic heterocycles. The number of rotatable bonds is 6. The number of benzene rings is 1. The molecule has 196 valence electrons. The Hall–Kier alpha value is -3.63. The largest absolute Gasteiger partial charge is 0.489 e. The molecule has 1 saturated carbocycles. The Balaban J connectivity index is 1.43. The molecule has 2 N–H and O–H groups in total. The molecule has 1 aromatic carbocycles. The Bertz CT molecular complexity index is 1310. The number of halogens is 3. The zero-order valence-corrected chi connectivity index (χ0v) is 20.3. The minimum Gasteiger partial charge on any atom is -0.489 e. The monoisotopic (exact) mass is 515 g/mol. The maximum absolute atomic E-state index is 13.1. The molecule has 2 fully saturated rings. The predicted octanol–water partition coefficient (Wildman–Crippen LogP) is 5.11. The lowest BCUT2D eigenvalue weighted by atomic mass is 9.87. The van der Waals surface area contributed by atoms with Crippen molar-refractivity contribution in [1.82, 2.24) is 20.1 Å². The van der Waals surface area contributed by atoms with Gasteiger partial charge in [-0.15, -0.1) is 0 Å². The summed E-state index contributed by atoms with van der Waals surface area (Å²) < 4.78 is 47.2. The molecule has 3 aromatic rings. The predicted molar refractivity (Wildman–Crippen MR) is 130 cm³/mol. The van der Waals surface area contributed by atoms with Crippen LogP contribution in [0.25, 0.3) is 10.9 Å². The van der Waals surface area contributed by atoms with Crippen LogP contribution in [0.4, 0.5) is 18.9 Å². The van der Waals surface area contributed by atoms with Gasteiger partial charge in [0.15, 0.2) is 0 Å². The van der Waals surface area contributed by atoms with E-state index in [4.69, 9.17) is 9.84 Å². The summed E-state index contributed by atoms with van der Waals surface area (Å²) in [5, 5.41) is 11.0. The first-order valence-electron chi connectivity index (χ1n) is 12.5. The third-order valence-electron chi connectivity index (χ3n) is 7.03. The fraction of sp³-hybridized carbons (Fsp3) is 0.462. The average Bonchev–Trinajstić information content (AvgIpc) is 3.48. The van der Waals surface area contributed by atoms with Crippen molar-refractivity contribution in [1.29, 1.82) is 0 Å². The van der Waals surface area contributed by atoms with Crippen LogP contribution in [0.2, 0.25) is 0 Å². The van der Waals surface area contributed by atoms with E-state index < -0.39 is 17.8 Å². The lowest BCUT2D eigenvalue weighted by Crippen LogP contribution is -2.31. The Morgan fingerprint density at radius 3 is 2.68 bits per heavy atom. The summed E-state index contributed by atoms with van der Waals surface area (Å²) in [6, 6.07) is 6.71. The number of aromatic nitrogens is 3. The zero-order chi connectivity index (χ0) is 26.2. The van der Waals surface area contributed by atoms with Crippen LogP contribution in [-0.2, 0) is 11.0 Å². The molecule has 1 atom stereocenters. The van der Waals surface area contributed by atoms with Gasteiger partial charge >= 0.3 is 6.18 Å². The van der Waals surface area contributed by atoms with Crippen LogP contribution in [0.3, 0.4) is 0 Å². The summed E-state index contributed by atoms with van der Waals surface area (Å²) in [5.41, 5.74) is -0.541. The fourth-order valence-electron chi connectivity index (χ4n) is 4.88. The van der Waals surface area contributed by atoms with Crippen molar-refractivity contribution in [2.24, 2.45) is 5.92 Å². The van der Waals surface area contributed by atoms with Crippen LogP contribution in [0.5, 0.6) is 5.75 Å². The van der Waals surface area contributed by atoms with E-state index in [2.05, 4.69) is 22.5 Å². The summed E-state index contributed by atoms with van der Waals surface area (Å²) in [4.78, 5) is 27.9. The van der Waals surface area contributed by atoms with Crippen molar-refractivity contribution in [3.63, 3.8) is 0 Å². The minimum absolute atomic E-state index is 0.0475. The number of nitrogens with one attached hydrogen (secondary N) is 2. The van der Waals surface area contributed by atoms with E-state index in [0.29, 0.717) is 30.0 Å². The number of nitrogens with zero attached hydrogens (tertiary/aromatic N) is 3. The number of carbonyl (C=O) groups is 2. The Kier molecular flexibility index (Phi) is 6.78. The Labute approximate surface area is 211 Å². The van der Waals surface area contributed by atoms with Crippen molar-refractivity contribution in [3.05, 3.63) is 47.9 Å².